The first kappa shape index (κ1) is 10.8. The van der Waals surface area contributed by atoms with Crippen LogP contribution in [0.25, 0.3) is 0 Å². The summed E-state index contributed by atoms with van der Waals surface area (Å²) in [6, 6.07) is 13.7. The van der Waals surface area contributed by atoms with Crippen LogP contribution < -0.4 is 4.90 Å². The van der Waals surface area contributed by atoms with Gasteiger partial charge >= 0.3 is 0 Å². The molecule has 2 aromatic rings. The van der Waals surface area contributed by atoms with Crippen LogP contribution in [0.2, 0.25) is 0 Å². The van der Waals surface area contributed by atoms with Gasteiger partial charge in [-0.05, 0) is 30.3 Å². The summed E-state index contributed by atoms with van der Waals surface area (Å²) in [5, 5.41) is 0. The molecule has 0 radical (unpaired) electrons. The van der Waals surface area contributed by atoms with Crippen molar-refractivity contribution in [3.05, 3.63) is 66.8 Å². The van der Waals surface area contributed by atoms with E-state index in [1.165, 1.54) is 0 Å². The third-order valence-electron chi connectivity index (χ3n) is 3.08. The molecule has 0 amide bonds. The number of carbonyl (C=O) groups is 1. The largest absolute Gasteiger partial charge is 0.467 e. The fraction of sp³-hybridized carbons (Fsp3) is 0.133. The van der Waals surface area contributed by atoms with Crippen LogP contribution in [0.4, 0.5) is 5.69 Å². The first-order chi connectivity index (χ1) is 8.84. The highest BCUT2D eigenvalue weighted by Gasteiger charge is 2.27. The number of benzene rings is 1. The number of anilines is 1. The van der Waals surface area contributed by atoms with Gasteiger partial charge in [0.05, 0.1) is 12.3 Å². The standard InChI is InChI=1S/C15H13NO2/c17-13-8-9-16(12-5-2-1-3-6-12)14(11-13)15-7-4-10-18-15/h1-10,14H,11H2. The van der Waals surface area contributed by atoms with Crippen molar-refractivity contribution in [2.24, 2.45) is 0 Å². The molecule has 0 aliphatic carbocycles. The smallest absolute Gasteiger partial charge is 0.159 e. The number of para-hydroxylation sites is 1. The molecule has 1 aliphatic rings. The van der Waals surface area contributed by atoms with E-state index in [1.54, 1.807) is 12.3 Å². The molecule has 0 N–H and O–H groups in total. The molecule has 1 unspecified atom stereocenters. The summed E-state index contributed by atoms with van der Waals surface area (Å²) >= 11 is 0. The fourth-order valence-electron chi connectivity index (χ4n) is 2.21. The van der Waals surface area contributed by atoms with Crippen molar-refractivity contribution in [3.63, 3.8) is 0 Å². The van der Waals surface area contributed by atoms with Gasteiger partial charge < -0.3 is 9.32 Å². The third-order valence-corrected chi connectivity index (χ3v) is 3.08. The van der Waals surface area contributed by atoms with Crippen molar-refractivity contribution in [2.45, 2.75) is 12.5 Å². The van der Waals surface area contributed by atoms with E-state index < -0.39 is 0 Å². The van der Waals surface area contributed by atoms with Crippen LogP contribution in [-0.4, -0.2) is 5.78 Å². The number of nitrogens with zero attached hydrogens (tertiary/aromatic N) is 1. The molecule has 0 saturated heterocycles. The Morgan fingerprint density at radius 1 is 1.11 bits per heavy atom. The molecule has 1 aromatic heterocycles. The molecular formula is C15H13NO2. The average Bonchev–Trinajstić information content (AvgIpc) is 2.93. The van der Waals surface area contributed by atoms with E-state index in [0.717, 1.165) is 11.4 Å². The summed E-state index contributed by atoms with van der Waals surface area (Å²) in [6.45, 7) is 0. The Morgan fingerprint density at radius 3 is 2.67 bits per heavy atom. The molecule has 1 aromatic carbocycles. The van der Waals surface area contributed by atoms with Crippen molar-refractivity contribution >= 4 is 11.5 Å². The SMILES string of the molecule is O=C1C=CN(c2ccccc2)C(c2ccco2)C1. The minimum absolute atomic E-state index is 0.0556. The quantitative estimate of drug-likeness (QED) is 0.806. The second-order valence-electron chi connectivity index (χ2n) is 4.26. The highest BCUT2D eigenvalue weighted by atomic mass is 16.3. The van der Waals surface area contributed by atoms with E-state index in [2.05, 4.69) is 4.90 Å². The molecule has 3 rings (SSSR count). The van der Waals surface area contributed by atoms with Crippen LogP contribution in [0.15, 0.2) is 65.4 Å². The molecule has 2 heterocycles. The van der Waals surface area contributed by atoms with Gasteiger partial charge in [-0.1, -0.05) is 18.2 Å². The first-order valence-corrected chi connectivity index (χ1v) is 5.92. The van der Waals surface area contributed by atoms with Gasteiger partial charge in [-0.25, -0.2) is 0 Å². The van der Waals surface area contributed by atoms with Gasteiger partial charge in [0.1, 0.15) is 5.76 Å². The molecule has 90 valence electrons. The Hall–Kier alpha value is -2.29. The predicted molar refractivity (Wildman–Crippen MR) is 69.1 cm³/mol. The van der Waals surface area contributed by atoms with Gasteiger partial charge in [0.15, 0.2) is 5.78 Å². The van der Waals surface area contributed by atoms with Crippen molar-refractivity contribution < 1.29 is 9.21 Å². The lowest BCUT2D eigenvalue weighted by atomic mass is 10.0. The lowest BCUT2D eigenvalue weighted by molar-refractivity contribution is -0.115. The van der Waals surface area contributed by atoms with Crippen LogP contribution in [0.1, 0.15) is 18.2 Å². The van der Waals surface area contributed by atoms with Crippen molar-refractivity contribution in [2.75, 3.05) is 4.90 Å². The molecule has 0 fully saturated rings. The Morgan fingerprint density at radius 2 is 1.94 bits per heavy atom. The molecule has 1 atom stereocenters. The number of carbonyl (C=O) groups excluding carboxylic acids is 1. The number of ketones is 1. The predicted octanol–water partition coefficient (Wildman–Crippen LogP) is 3.31. The maximum atomic E-state index is 11.6. The normalized spacial score (nSPS) is 19.2. The maximum absolute atomic E-state index is 11.6. The zero-order valence-corrected chi connectivity index (χ0v) is 9.82. The van der Waals surface area contributed by atoms with E-state index >= 15 is 0 Å². The van der Waals surface area contributed by atoms with Gasteiger partial charge in [-0.2, -0.15) is 0 Å². The summed E-state index contributed by atoms with van der Waals surface area (Å²) in [7, 11) is 0. The topological polar surface area (TPSA) is 33.5 Å². The minimum atomic E-state index is -0.0556. The molecule has 1 aliphatic heterocycles. The zero-order valence-electron chi connectivity index (χ0n) is 9.82. The summed E-state index contributed by atoms with van der Waals surface area (Å²) in [4.78, 5) is 13.7. The lowest BCUT2D eigenvalue weighted by Gasteiger charge is -2.31. The van der Waals surface area contributed by atoms with E-state index in [-0.39, 0.29) is 11.8 Å². The summed E-state index contributed by atoms with van der Waals surface area (Å²) < 4.78 is 5.45. The number of allylic oxidation sites excluding steroid dienone is 1. The van der Waals surface area contributed by atoms with E-state index in [9.17, 15) is 4.79 Å². The monoisotopic (exact) mass is 239 g/mol. The number of furan rings is 1. The Kier molecular flexibility index (Phi) is 2.73. The molecule has 0 saturated carbocycles. The van der Waals surface area contributed by atoms with Gasteiger partial charge in [0, 0.05) is 18.3 Å². The molecular weight excluding hydrogens is 226 g/mol. The van der Waals surface area contributed by atoms with Crippen LogP contribution >= 0.6 is 0 Å². The highest BCUT2D eigenvalue weighted by molar-refractivity contribution is 5.92. The molecule has 0 spiro atoms. The first-order valence-electron chi connectivity index (χ1n) is 5.92. The molecule has 3 heteroatoms. The van der Waals surface area contributed by atoms with Gasteiger partial charge in [-0.3, -0.25) is 4.79 Å². The van der Waals surface area contributed by atoms with Crippen molar-refractivity contribution in [3.8, 4) is 0 Å². The minimum Gasteiger partial charge on any atom is -0.467 e. The highest BCUT2D eigenvalue weighted by Crippen LogP contribution is 2.33. The lowest BCUT2D eigenvalue weighted by Crippen LogP contribution is -2.28. The summed E-state index contributed by atoms with van der Waals surface area (Å²) in [6.07, 6.45) is 5.53. The second kappa shape index (κ2) is 4.53. The number of hydrogen-bond acceptors (Lipinski definition) is 3. The zero-order chi connectivity index (χ0) is 12.4. The second-order valence-corrected chi connectivity index (χ2v) is 4.26. The van der Waals surface area contributed by atoms with Crippen LogP contribution in [0, 0.1) is 0 Å². The van der Waals surface area contributed by atoms with Gasteiger partial charge in [-0.15, -0.1) is 0 Å². The Balaban J connectivity index is 2.00. The van der Waals surface area contributed by atoms with E-state index in [1.807, 2.05) is 48.7 Å². The summed E-state index contributed by atoms with van der Waals surface area (Å²) in [5.41, 5.74) is 1.06. The van der Waals surface area contributed by atoms with Crippen LogP contribution in [0.5, 0.6) is 0 Å². The van der Waals surface area contributed by atoms with Crippen molar-refractivity contribution in [1.82, 2.24) is 0 Å². The molecule has 0 bridgehead atoms. The molecule has 3 nitrogen and oxygen atoms in total. The number of rotatable bonds is 2. The third kappa shape index (κ3) is 1.95. The van der Waals surface area contributed by atoms with Crippen LogP contribution in [0.3, 0.4) is 0 Å². The van der Waals surface area contributed by atoms with Gasteiger partial charge in [0.25, 0.3) is 0 Å². The molecule has 18 heavy (non-hydrogen) atoms. The van der Waals surface area contributed by atoms with Gasteiger partial charge in [0.2, 0.25) is 0 Å². The fourth-order valence-corrected chi connectivity index (χ4v) is 2.21. The summed E-state index contributed by atoms with van der Waals surface area (Å²) in [5.74, 6) is 0.945. The number of hydrogen-bond donors (Lipinski definition) is 0. The average molecular weight is 239 g/mol. The maximum Gasteiger partial charge on any atom is 0.159 e. The Bertz CT molecular complexity index is 557. The van der Waals surface area contributed by atoms with Crippen LogP contribution in [-0.2, 0) is 4.79 Å². The van der Waals surface area contributed by atoms with E-state index in [0.29, 0.717) is 6.42 Å². The van der Waals surface area contributed by atoms with Crippen molar-refractivity contribution in [1.29, 1.82) is 0 Å². The Labute approximate surface area is 105 Å². The van der Waals surface area contributed by atoms with E-state index in [4.69, 9.17) is 4.42 Å².